The molecule has 0 bridgehead atoms. The van der Waals surface area contributed by atoms with Crippen LogP contribution < -0.4 is 5.32 Å². The fourth-order valence-electron chi connectivity index (χ4n) is 2.19. The average molecular weight is 210 g/mol. The van der Waals surface area contributed by atoms with Gasteiger partial charge in [-0.2, -0.15) is 0 Å². The largest absolute Gasteiger partial charge is 0.349 e. The van der Waals surface area contributed by atoms with Gasteiger partial charge in [-0.05, 0) is 38.3 Å². The maximum Gasteiger partial charge on any atom is 0.243 e. The van der Waals surface area contributed by atoms with E-state index in [1.807, 2.05) is 6.92 Å². The first kappa shape index (κ1) is 12.2. The van der Waals surface area contributed by atoms with Gasteiger partial charge in [0.1, 0.15) is 0 Å². The molecule has 1 rings (SSSR count). The second-order valence-electron chi connectivity index (χ2n) is 4.62. The molecule has 1 amide bonds. The molecule has 1 aliphatic rings. The number of carbonyl (C=O) groups excluding carboxylic acids is 1. The minimum Gasteiger partial charge on any atom is -0.349 e. The molecule has 3 nitrogen and oxygen atoms in total. The molecule has 1 aliphatic heterocycles. The lowest BCUT2D eigenvalue weighted by molar-refractivity contribution is -0.117. The standard InChI is InChI=1S/C12H22N2O/c1-4-12(15)13-11(3)9-14-7-5-6-10(2)8-14/h4,10-11H,1,5-9H2,2-3H3,(H,13,15). The first-order valence-corrected chi connectivity index (χ1v) is 5.77. The molecule has 0 aliphatic carbocycles. The van der Waals surface area contributed by atoms with Crippen molar-refractivity contribution in [2.45, 2.75) is 32.7 Å². The van der Waals surface area contributed by atoms with Gasteiger partial charge >= 0.3 is 0 Å². The number of carbonyl (C=O) groups is 1. The van der Waals surface area contributed by atoms with E-state index in [1.165, 1.54) is 25.5 Å². The number of likely N-dealkylation sites (tertiary alicyclic amines) is 1. The van der Waals surface area contributed by atoms with Crippen LogP contribution in [0.4, 0.5) is 0 Å². The molecule has 3 heteroatoms. The van der Waals surface area contributed by atoms with Gasteiger partial charge in [0.05, 0.1) is 0 Å². The first-order valence-electron chi connectivity index (χ1n) is 5.77. The zero-order valence-corrected chi connectivity index (χ0v) is 9.83. The third-order valence-corrected chi connectivity index (χ3v) is 2.85. The van der Waals surface area contributed by atoms with E-state index in [0.29, 0.717) is 0 Å². The Morgan fingerprint density at radius 1 is 1.73 bits per heavy atom. The van der Waals surface area contributed by atoms with Crippen LogP contribution in [0.2, 0.25) is 0 Å². The van der Waals surface area contributed by atoms with Gasteiger partial charge < -0.3 is 10.2 Å². The molecule has 0 aromatic carbocycles. The Balaban J connectivity index is 2.27. The second-order valence-corrected chi connectivity index (χ2v) is 4.62. The fourth-order valence-corrected chi connectivity index (χ4v) is 2.19. The molecule has 1 saturated heterocycles. The Morgan fingerprint density at radius 2 is 2.47 bits per heavy atom. The molecular formula is C12H22N2O. The number of nitrogens with one attached hydrogen (secondary N) is 1. The van der Waals surface area contributed by atoms with Crippen LogP contribution in [-0.2, 0) is 4.79 Å². The summed E-state index contributed by atoms with van der Waals surface area (Å²) in [6, 6.07) is 0.209. The van der Waals surface area contributed by atoms with E-state index >= 15 is 0 Å². The van der Waals surface area contributed by atoms with E-state index in [9.17, 15) is 4.79 Å². The van der Waals surface area contributed by atoms with Crippen LogP contribution >= 0.6 is 0 Å². The Labute approximate surface area is 92.5 Å². The van der Waals surface area contributed by atoms with Gasteiger partial charge in [-0.1, -0.05) is 13.5 Å². The second kappa shape index (κ2) is 5.91. The smallest absolute Gasteiger partial charge is 0.243 e. The maximum atomic E-state index is 11.1. The van der Waals surface area contributed by atoms with Crippen LogP contribution in [0.3, 0.4) is 0 Å². The SMILES string of the molecule is C=CC(=O)NC(C)CN1CCCC(C)C1. The summed E-state index contributed by atoms with van der Waals surface area (Å²) in [5.74, 6) is 0.716. The summed E-state index contributed by atoms with van der Waals surface area (Å²) in [7, 11) is 0. The van der Waals surface area contributed by atoms with Crippen LogP contribution in [0.25, 0.3) is 0 Å². The van der Waals surface area contributed by atoms with Crippen molar-refractivity contribution in [3.05, 3.63) is 12.7 Å². The fraction of sp³-hybridized carbons (Fsp3) is 0.750. The highest BCUT2D eigenvalue weighted by Crippen LogP contribution is 2.15. The van der Waals surface area contributed by atoms with Gasteiger partial charge in [-0.15, -0.1) is 0 Å². The average Bonchev–Trinajstić information content (AvgIpc) is 2.17. The summed E-state index contributed by atoms with van der Waals surface area (Å²) in [5, 5.41) is 2.89. The quantitative estimate of drug-likeness (QED) is 0.712. The predicted octanol–water partition coefficient (Wildman–Crippen LogP) is 1.41. The molecule has 0 aromatic heterocycles. The monoisotopic (exact) mass is 210 g/mol. The summed E-state index contributed by atoms with van der Waals surface area (Å²) in [4.78, 5) is 13.5. The molecular weight excluding hydrogens is 188 g/mol. The summed E-state index contributed by atoms with van der Waals surface area (Å²) in [6.45, 7) is 11.1. The Bertz CT molecular complexity index is 228. The summed E-state index contributed by atoms with van der Waals surface area (Å²) in [5.41, 5.74) is 0. The van der Waals surface area contributed by atoms with Gasteiger partial charge in [-0.3, -0.25) is 4.79 Å². The molecule has 15 heavy (non-hydrogen) atoms. The van der Waals surface area contributed by atoms with Crippen LogP contribution in [-0.4, -0.2) is 36.5 Å². The van der Waals surface area contributed by atoms with E-state index in [-0.39, 0.29) is 11.9 Å². The summed E-state index contributed by atoms with van der Waals surface area (Å²) in [6.07, 6.45) is 3.95. The first-order chi connectivity index (χ1) is 7.11. The molecule has 86 valence electrons. The van der Waals surface area contributed by atoms with Crippen LogP contribution in [0.5, 0.6) is 0 Å². The number of rotatable bonds is 4. The van der Waals surface area contributed by atoms with Crippen molar-refractivity contribution in [2.24, 2.45) is 5.92 Å². The highest BCUT2D eigenvalue weighted by molar-refractivity contribution is 5.87. The molecule has 0 saturated carbocycles. The summed E-state index contributed by atoms with van der Waals surface area (Å²) < 4.78 is 0. The molecule has 1 fully saturated rings. The van der Waals surface area contributed by atoms with Crippen LogP contribution in [0, 0.1) is 5.92 Å². The van der Waals surface area contributed by atoms with E-state index in [2.05, 4.69) is 23.7 Å². The lowest BCUT2D eigenvalue weighted by Gasteiger charge is -2.32. The van der Waals surface area contributed by atoms with Crippen molar-refractivity contribution < 1.29 is 4.79 Å². The minimum atomic E-state index is -0.0763. The van der Waals surface area contributed by atoms with Crippen LogP contribution in [0.15, 0.2) is 12.7 Å². The van der Waals surface area contributed by atoms with Crippen LogP contribution in [0.1, 0.15) is 26.7 Å². The van der Waals surface area contributed by atoms with Gasteiger partial charge in [0, 0.05) is 19.1 Å². The molecule has 2 atom stereocenters. The number of hydrogen-bond acceptors (Lipinski definition) is 2. The van der Waals surface area contributed by atoms with Crippen molar-refractivity contribution in [2.75, 3.05) is 19.6 Å². The zero-order valence-electron chi connectivity index (χ0n) is 9.83. The van der Waals surface area contributed by atoms with Gasteiger partial charge in [-0.25, -0.2) is 0 Å². The lowest BCUT2D eigenvalue weighted by atomic mass is 10.00. The number of amides is 1. The molecule has 2 unspecified atom stereocenters. The van der Waals surface area contributed by atoms with Gasteiger partial charge in [0.25, 0.3) is 0 Å². The minimum absolute atomic E-state index is 0.0763. The number of nitrogens with zero attached hydrogens (tertiary/aromatic N) is 1. The highest BCUT2D eigenvalue weighted by Gasteiger charge is 2.18. The Morgan fingerprint density at radius 3 is 3.07 bits per heavy atom. The van der Waals surface area contributed by atoms with Gasteiger partial charge in [0.15, 0.2) is 0 Å². The predicted molar refractivity (Wildman–Crippen MR) is 62.6 cm³/mol. The maximum absolute atomic E-state index is 11.1. The van der Waals surface area contributed by atoms with Gasteiger partial charge in [0.2, 0.25) is 5.91 Å². The molecule has 0 radical (unpaired) electrons. The van der Waals surface area contributed by atoms with Crippen molar-refractivity contribution in [3.63, 3.8) is 0 Å². The van der Waals surface area contributed by atoms with Crippen molar-refractivity contribution in [1.82, 2.24) is 10.2 Å². The van der Waals surface area contributed by atoms with Crippen molar-refractivity contribution in [3.8, 4) is 0 Å². The highest BCUT2D eigenvalue weighted by atomic mass is 16.1. The molecule has 1 N–H and O–H groups in total. The van der Waals surface area contributed by atoms with Crippen molar-refractivity contribution in [1.29, 1.82) is 0 Å². The third-order valence-electron chi connectivity index (χ3n) is 2.85. The number of hydrogen-bond donors (Lipinski definition) is 1. The Hall–Kier alpha value is -0.830. The Kier molecular flexibility index (Phi) is 4.82. The molecule has 0 spiro atoms. The normalized spacial score (nSPS) is 24.5. The van der Waals surface area contributed by atoms with Crippen molar-refractivity contribution >= 4 is 5.91 Å². The number of piperidine rings is 1. The molecule has 1 heterocycles. The third kappa shape index (κ3) is 4.47. The van der Waals surface area contributed by atoms with E-state index in [1.54, 1.807) is 0 Å². The van der Waals surface area contributed by atoms with E-state index < -0.39 is 0 Å². The zero-order chi connectivity index (χ0) is 11.3. The van der Waals surface area contributed by atoms with E-state index in [0.717, 1.165) is 19.0 Å². The summed E-state index contributed by atoms with van der Waals surface area (Å²) >= 11 is 0. The molecule has 0 aromatic rings. The topological polar surface area (TPSA) is 32.3 Å². The van der Waals surface area contributed by atoms with E-state index in [4.69, 9.17) is 0 Å². The lowest BCUT2D eigenvalue weighted by Crippen LogP contribution is -2.44.